The summed E-state index contributed by atoms with van der Waals surface area (Å²) >= 11 is 0. The van der Waals surface area contributed by atoms with Gasteiger partial charge < -0.3 is 10.1 Å². The second-order valence-electron chi connectivity index (χ2n) is 3.64. The summed E-state index contributed by atoms with van der Waals surface area (Å²) < 4.78 is 5.34. The minimum atomic E-state index is 0.841. The highest BCUT2D eigenvalue weighted by molar-refractivity contribution is 5.68. The summed E-state index contributed by atoms with van der Waals surface area (Å²) in [6.45, 7) is 2.92. The molecular formula is C14H16N2O. The van der Waals surface area contributed by atoms with Crippen molar-refractivity contribution in [1.82, 2.24) is 4.98 Å². The summed E-state index contributed by atoms with van der Waals surface area (Å²) in [5, 5.41) is 3.20. The van der Waals surface area contributed by atoms with Crippen molar-refractivity contribution in [3.8, 4) is 17.0 Å². The lowest BCUT2D eigenvalue weighted by atomic mass is 10.1. The van der Waals surface area contributed by atoms with Gasteiger partial charge in [0.2, 0.25) is 0 Å². The van der Waals surface area contributed by atoms with Crippen molar-refractivity contribution < 1.29 is 4.74 Å². The third-order valence-corrected chi connectivity index (χ3v) is 2.49. The molecule has 0 unspecified atom stereocenters. The highest BCUT2D eigenvalue weighted by Crippen LogP contribution is 2.28. The van der Waals surface area contributed by atoms with E-state index in [0.29, 0.717) is 0 Å². The van der Waals surface area contributed by atoms with Gasteiger partial charge in [-0.3, -0.25) is 0 Å². The Morgan fingerprint density at radius 2 is 1.94 bits per heavy atom. The molecule has 1 heterocycles. The van der Waals surface area contributed by atoms with Crippen LogP contribution >= 0.6 is 0 Å². The molecule has 1 aromatic carbocycles. The summed E-state index contributed by atoms with van der Waals surface area (Å²) in [4.78, 5) is 4.55. The fourth-order valence-electron chi connectivity index (χ4n) is 1.72. The van der Waals surface area contributed by atoms with E-state index in [-0.39, 0.29) is 0 Å². The zero-order chi connectivity index (χ0) is 12.1. The second kappa shape index (κ2) is 5.34. The molecule has 3 heteroatoms. The summed E-state index contributed by atoms with van der Waals surface area (Å²) in [6, 6.07) is 13.8. The standard InChI is InChI=1S/C14H16N2O/c1-3-15-14-10-6-8-12(16-14)11-7-4-5-9-13(11)17-2/h4-10H,3H2,1-2H3,(H,15,16). The largest absolute Gasteiger partial charge is 0.496 e. The summed E-state index contributed by atoms with van der Waals surface area (Å²) in [6.07, 6.45) is 0. The van der Waals surface area contributed by atoms with E-state index in [2.05, 4.69) is 17.2 Å². The third-order valence-electron chi connectivity index (χ3n) is 2.49. The van der Waals surface area contributed by atoms with E-state index in [0.717, 1.165) is 29.4 Å². The normalized spacial score (nSPS) is 10.0. The van der Waals surface area contributed by atoms with Crippen LogP contribution in [0.1, 0.15) is 6.92 Å². The minimum absolute atomic E-state index is 0.841. The van der Waals surface area contributed by atoms with Gasteiger partial charge in [0.1, 0.15) is 11.6 Å². The topological polar surface area (TPSA) is 34.1 Å². The van der Waals surface area contributed by atoms with Crippen molar-refractivity contribution >= 4 is 5.82 Å². The zero-order valence-electron chi connectivity index (χ0n) is 10.1. The Kier molecular flexibility index (Phi) is 3.60. The van der Waals surface area contributed by atoms with Gasteiger partial charge in [-0.2, -0.15) is 0 Å². The molecule has 1 aromatic heterocycles. The van der Waals surface area contributed by atoms with E-state index in [9.17, 15) is 0 Å². The van der Waals surface area contributed by atoms with Crippen molar-refractivity contribution in [3.05, 3.63) is 42.5 Å². The van der Waals surface area contributed by atoms with Crippen LogP contribution in [-0.2, 0) is 0 Å². The molecule has 0 spiro atoms. The molecule has 1 N–H and O–H groups in total. The Morgan fingerprint density at radius 1 is 1.12 bits per heavy atom. The van der Waals surface area contributed by atoms with E-state index >= 15 is 0 Å². The quantitative estimate of drug-likeness (QED) is 0.872. The number of methoxy groups -OCH3 is 1. The first-order valence-electron chi connectivity index (χ1n) is 5.69. The van der Waals surface area contributed by atoms with Gasteiger partial charge in [0, 0.05) is 12.1 Å². The molecule has 0 aliphatic rings. The Hall–Kier alpha value is -2.03. The number of benzene rings is 1. The molecule has 2 rings (SSSR count). The highest BCUT2D eigenvalue weighted by Gasteiger charge is 2.06. The summed E-state index contributed by atoms with van der Waals surface area (Å²) in [7, 11) is 1.67. The number of anilines is 1. The summed E-state index contributed by atoms with van der Waals surface area (Å²) in [5.74, 6) is 1.73. The molecule has 0 amide bonds. The van der Waals surface area contributed by atoms with Crippen LogP contribution in [0.3, 0.4) is 0 Å². The number of nitrogens with zero attached hydrogens (tertiary/aromatic N) is 1. The molecule has 0 aliphatic carbocycles. The number of hydrogen-bond donors (Lipinski definition) is 1. The van der Waals surface area contributed by atoms with Crippen LogP contribution in [0.4, 0.5) is 5.82 Å². The van der Waals surface area contributed by atoms with Crippen molar-refractivity contribution in [2.45, 2.75) is 6.92 Å². The fourth-order valence-corrected chi connectivity index (χ4v) is 1.72. The summed E-state index contributed by atoms with van der Waals surface area (Å²) in [5.41, 5.74) is 1.93. The van der Waals surface area contributed by atoms with Gasteiger partial charge >= 0.3 is 0 Å². The molecule has 88 valence electrons. The lowest BCUT2D eigenvalue weighted by molar-refractivity contribution is 0.416. The van der Waals surface area contributed by atoms with Crippen LogP contribution in [0.15, 0.2) is 42.5 Å². The maximum Gasteiger partial charge on any atom is 0.128 e. The van der Waals surface area contributed by atoms with Crippen LogP contribution in [0.2, 0.25) is 0 Å². The zero-order valence-corrected chi connectivity index (χ0v) is 10.1. The maximum atomic E-state index is 5.34. The SMILES string of the molecule is CCNc1cccc(-c2ccccc2OC)n1. The molecular weight excluding hydrogens is 212 g/mol. The van der Waals surface area contributed by atoms with Crippen molar-refractivity contribution in [2.24, 2.45) is 0 Å². The lowest BCUT2D eigenvalue weighted by Gasteiger charge is -2.09. The van der Waals surface area contributed by atoms with Crippen molar-refractivity contribution in [3.63, 3.8) is 0 Å². The monoisotopic (exact) mass is 228 g/mol. The molecule has 0 radical (unpaired) electrons. The van der Waals surface area contributed by atoms with Gasteiger partial charge in [-0.1, -0.05) is 18.2 Å². The number of rotatable bonds is 4. The van der Waals surface area contributed by atoms with Crippen LogP contribution in [0.5, 0.6) is 5.75 Å². The highest BCUT2D eigenvalue weighted by atomic mass is 16.5. The Bertz CT molecular complexity index is 497. The number of pyridine rings is 1. The molecule has 0 saturated carbocycles. The van der Waals surface area contributed by atoms with Gasteiger partial charge in [0.25, 0.3) is 0 Å². The first-order valence-corrected chi connectivity index (χ1v) is 5.69. The average molecular weight is 228 g/mol. The first kappa shape index (κ1) is 11.5. The lowest BCUT2D eigenvalue weighted by Crippen LogP contribution is -1.99. The molecule has 0 saturated heterocycles. The number of hydrogen-bond acceptors (Lipinski definition) is 3. The number of nitrogens with one attached hydrogen (secondary N) is 1. The average Bonchev–Trinajstić information content (AvgIpc) is 2.39. The van der Waals surface area contributed by atoms with E-state index in [1.54, 1.807) is 7.11 Å². The predicted octanol–water partition coefficient (Wildman–Crippen LogP) is 3.19. The first-order chi connectivity index (χ1) is 8.35. The predicted molar refractivity (Wildman–Crippen MR) is 70.4 cm³/mol. The van der Waals surface area contributed by atoms with Crippen molar-refractivity contribution in [1.29, 1.82) is 0 Å². The molecule has 0 aliphatic heterocycles. The van der Waals surface area contributed by atoms with Crippen molar-refractivity contribution in [2.75, 3.05) is 19.0 Å². The van der Waals surface area contributed by atoms with E-state index in [1.807, 2.05) is 42.5 Å². The number of aromatic nitrogens is 1. The molecule has 0 bridgehead atoms. The smallest absolute Gasteiger partial charge is 0.128 e. The van der Waals surface area contributed by atoms with Crippen LogP contribution in [-0.4, -0.2) is 18.6 Å². The van der Waals surface area contributed by atoms with Crippen LogP contribution in [0.25, 0.3) is 11.3 Å². The number of para-hydroxylation sites is 1. The second-order valence-corrected chi connectivity index (χ2v) is 3.64. The Labute approximate surface area is 101 Å². The molecule has 3 nitrogen and oxygen atoms in total. The molecule has 0 atom stereocenters. The van der Waals surface area contributed by atoms with Gasteiger partial charge in [0.15, 0.2) is 0 Å². The molecule has 17 heavy (non-hydrogen) atoms. The Morgan fingerprint density at radius 3 is 2.71 bits per heavy atom. The number of ether oxygens (including phenoxy) is 1. The van der Waals surface area contributed by atoms with Gasteiger partial charge in [0.05, 0.1) is 12.8 Å². The van der Waals surface area contributed by atoms with E-state index in [4.69, 9.17) is 4.74 Å². The van der Waals surface area contributed by atoms with Crippen LogP contribution < -0.4 is 10.1 Å². The molecule has 0 fully saturated rings. The minimum Gasteiger partial charge on any atom is -0.496 e. The van der Waals surface area contributed by atoms with E-state index < -0.39 is 0 Å². The van der Waals surface area contributed by atoms with Crippen LogP contribution in [0, 0.1) is 0 Å². The fraction of sp³-hybridized carbons (Fsp3) is 0.214. The van der Waals surface area contributed by atoms with Gasteiger partial charge in [-0.25, -0.2) is 4.98 Å². The van der Waals surface area contributed by atoms with E-state index in [1.165, 1.54) is 0 Å². The molecule has 2 aromatic rings. The van der Waals surface area contributed by atoms with Gasteiger partial charge in [-0.15, -0.1) is 0 Å². The maximum absolute atomic E-state index is 5.34. The Balaban J connectivity index is 2.41. The van der Waals surface area contributed by atoms with Gasteiger partial charge in [-0.05, 0) is 31.2 Å². The third kappa shape index (κ3) is 2.56.